The van der Waals surface area contributed by atoms with Crippen LogP contribution >= 0.6 is 0 Å². The SMILES string of the molecule is C=CCCC(=O)N[C@H](COC)[C@H](OC(=O)[C@@H]1[C@H]2C(=O)N([C@H](C)CO)[C@H](C(=O)N(CC=C)CCN3CCOCC3)[C@]23CC[C@H]1O3)c1ccccc1. The van der Waals surface area contributed by atoms with E-state index in [1.165, 1.54) is 12.0 Å². The van der Waals surface area contributed by atoms with Gasteiger partial charge in [0, 0.05) is 46.3 Å². The lowest BCUT2D eigenvalue weighted by atomic mass is 9.70. The van der Waals surface area contributed by atoms with Gasteiger partial charge in [-0.2, -0.15) is 0 Å². The molecule has 13 nitrogen and oxygen atoms in total. The van der Waals surface area contributed by atoms with Gasteiger partial charge in [0.2, 0.25) is 17.7 Å². The molecule has 4 aliphatic heterocycles. The first-order valence-corrected chi connectivity index (χ1v) is 17.7. The molecule has 50 heavy (non-hydrogen) atoms. The van der Waals surface area contributed by atoms with Gasteiger partial charge in [-0.15, -0.1) is 13.2 Å². The van der Waals surface area contributed by atoms with Gasteiger partial charge >= 0.3 is 5.97 Å². The number of allylic oxidation sites excluding steroid dienone is 1. The molecule has 2 bridgehead atoms. The van der Waals surface area contributed by atoms with Crippen LogP contribution in [0.3, 0.4) is 0 Å². The van der Waals surface area contributed by atoms with Crippen molar-refractivity contribution in [1.82, 2.24) is 20.0 Å². The van der Waals surface area contributed by atoms with Gasteiger partial charge in [-0.3, -0.25) is 24.1 Å². The van der Waals surface area contributed by atoms with Gasteiger partial charge in [0.05, 0.1) is 56.5 Å². The summed E-state index contributed by atoms with van der Waals surface area (Å²) in [5.74, 6) is -3.58. The zero-order valence-corrected chi connectivity index (χ0v) is 29.2. The molecule has 3 amide bonds. The predicted octanol–water partition coefficient (Wildman–Crippen LogP) is 1.47. The Morgan fingerprint density at radius 2 is 1.92 bits per heavy atom. The largest absolute Gasteiger partial charge is 0.455 e. The molecule has 1 aromatic carbocycles. The number of carbonyl (C=O) groups excluding carboxylic acids is 4. The maximum Gasteiger partial charge on any atom is 0.313 e. The molecule has 4 heterocycles. The quantitative estimate of drug-likeness (QED) is 0.171. The van der Waals surface area contributed by atoms with Crippen LogP contribution in [0.15, 0.2) is 55.6 Å². The second kappa shape index (κ2) is 17.1. The number of esters is 1. The number of amides is 3. The summed E-state index contributed by atoms with van der Waals surface area (Å²) < 4.78 is 23.8. The molecule has 4 fully saturated rings. The number of nitrogens with zero attached hydrogens (tertiary/aromatic N) is 3. The van der Waals surface area contributed by atoms with E-state index in [2.05, 4.69) is 23.4 Å². The van der Waals surface area contributed by atoms with E-state index in [9.17, 15) is 24.3 Å². The lowest BCUT2D eigenvalue weighted by molar-refractivity contribution is -0.163. The Morgan fingerprint density at radius 1 is 1.18 bits per heavy atom. The van der Waals surface area contributed by atoms with Gasteiger partial charge in [0.25, 0.3) is 0 Å². The molecule has 274 valence electrons. The number of morpholine rings is 1. The molecule has 4 saturated heterocycles. The minimum absolute atomic E-state index is 0.0610. The number of hydrogen-bond acceptors (Lipinski definition) is 10. The molecule has 0 unspecified atom stereocenters. The molecule has 0 radical (unpaired) electrons. The second-order valence-corrected chi connectivity index (χ2v) is 13.6. The number of benzene rings is 1. The van der Waals surface area contributed by atoms with E-state index in [1.807, 2.05) is 18.2 Å². The Morgan fingerprint density at radius 3 is 2.58 bits per heavy atom. The monoisotopic (exact) mass is 696 g/mol. The summed E-state index contributed by atoms with van der Waals surface area (Å²) in [6, 6.07) is 6.62. The average molecular weight is 697 g/mol. The summed E-state index contributed by atoms with van der Waals surface area (Å²) in [5, 5.41) is 13.2. The van der Waals surface area contributed by atoms with Crippen molar-refractivity contribution in [1.29, 1.82) is 0 Å². The highest BCUT2D eigenvalue weighted by Crippen LogP contribution is 2.59. The number of methoxy groups -OCH3 is 1. The van der Waals surface area contributed by atoms with E-state index in [0.717, 1.165) is 13.1 Å². The minimum Gasteiger partial charge on any atom is -0.455 e. The molecule has 8 atom stereocenters. The van der Waals surface area contributed by atoms with E-state index in [1.54, 1.807) is 36.1 Å². The van der Waals surface area contributed by atoms with Crippen LogP contribution in [0.25, 0.3) is 0 Å². The molecule has 0 aliphatic carbocycles. The van der Waals surface area contributed by atoms with Crippen molar-refractivity contribution in [2.45, 2.75) is 68.5 Å². The first kappa shape index (κ1) is 37.6. The first-order chi connectivity index (χ1) is 24.2. The normalized spacial score (nSPS) is 27.7. The van der Waals surface area contributed by atoms with Crippen LogP contribution in [-0.2, 0) is 38.1 Å². The summed E-state index contributed by atoms with van der Waals surface area (Å²) >= 11 is 0. The van der Waals surface area contributed by atoms with Gasteiger partial charge in [-0.25, -0.2) is 0 Å². The third-order valence-corrected chi connectivity index (χ3v) is 10.4. The maximum atomic E-state index is 14.6. The molecule has 1 aromatic rings. The van der Waals surface area contributed by atoms with Crippen molar-refractivity contribution in [3.05, 3.63) is 61.2 Å². The topological polar surface area (TPSA) is 147 Å². The third-order valence-electron chi connectivity index (χ3n) is 10.4. The number of ether oxygens (including phenoxy) is 4. The predicted molar refractivity (Wildman–Crippen MR) is 184 cm³/mol. The number of hydrogen-bond donors (Lipinski definition) is 2. The van der Waals surface area contributed by atoms with Gasteiger partial charge in [-0.1, -0.05) is 42.5 Å². The Balaban J connectivity index is 1.43. The van der Waals surface area contributed by atoms with Crippen LogP contribution < -0.4 is 5.32 Å². The number of likely N-dealkylation sites (tertiary alicyclic amines) is 1. The van der Waals surface area contributed by atoms with Crippen molar-refractivity contribution in [2.75, 3.05) is 66.3 Å². The Labute approximate surface area is 294 Å². The molecule has 5 rings (SSSR count). The Hall–Kier alpha value is -3.62. The summed E-state index contributed by atoms with van der Waals surface area (Å²) in [6.07, 6.45) is 3.29. The molecular formula is C37H52N4O9. The van der Waals surface area contributed by atoms with Crippen LogP contribution in [0.1, 0.15) is 44.3 Å². The van der Waals surface area contributed by atoms with Crippen molar-refractivity contribution in [2.24, 2.45) is 11.8 Å². The molecule has 13 heteroatoms. The zero-order chi connectivity index (χ0) is 35.8. The Bertz CT molecular complexity index is 1370. The van der Waals surface area contributed by atoms with Crippen LogP contribution in [0.4, 0.5) is 0 Å². The second-order valence-electron chi connectivity index (χ2n) is 13.6. The molecule has 4 aliphatic rings. The highest BCUT2D eigenvalue weighted by atomic mass is 16.6. The molecule has 2 N–H and O–H groups in total. The molecular weight excluding hydrogens is 644 g/mol. The number of nitrogens with one attached hydrogen (secondary N) is 1. The van der Waals surface area contributed by atoms with Crippen molar-refractivity contribution in [3.8, 4) is 0 Å². The fourth-order valence-electron chi connectivity index (χ4n) is 8.03. The number of rotatable bonds is 18. The number of aliphatic hydroxyl groups excluding tert-OH is 1. The Kier molecular flexibility index (Phi) is 12.8. The fraction of sp³-hybridized carbons (Fsp3) is 0.622. The van der Waals surface area contributed by atoms with E-state index >= 15 is 0 Å². The highest BCUT2D eigenvalue weighted by Gasteiger charge is 2.75. The average Bonchev–Trinajstić information content (AvgIpc) is 3.78. The maximum absolute atomic E-state index is 14.6. The first-order valence-electron chi connectivity index (χ1n) is 17.7. The van der Waals surface area contributed by atoms with E-state index in [0.29, 0.717) is 51.1 Å². The highest BCUT2D eigenvalue weighted by molar-refractivity contribution is 5.98. The summed E-state index contributed by atoms with van der Waals surface area (Å²) in [7, 11) is 1.50. The smallest absolute Gasteiger partial charge is 0.313 e. The lowest BCUT2D eigenvalue weighted by Gasteiger charge is -2.39. The van der Waals surface area contributed by atoms with Crippen LogP contribution in [0.2, 0.25) is 0 Å². The van der Waals surface area contributed by atoms with Gasteiger partial charge in [-0.05, 0) is 31.7 Å². The van der Waals surface area contributed by atoms with E-state index in [-0.39, 0.29) is 38.0 Å². The summed E-state index contributed by atoms with van der Waals surface area (Å²) in [6.45, 7) is 13.0. The molecule has 1 spiro atoms. The fourth-order valence-corrected chi connectivity index (χ4v) is 8.03. The van der Waals surface area contributed by atoms with Crippen LogP contribution in [0.5, 0.6) is 0 Å². The van der Waals surface area contributed by atoms with Crippen LogP contribution in [0, 0.1) is 11.8 Å². The minimum atomic E-state index is -1.27. The molecule has 0 saturated carbocycles. The summed E-state index contributed by atoms with van der Waals surface area (Å²) in [4.78, 5) is 61.6. The third kappa shape index (κ3) is 7.67. The number of aliphatic hydroxyl groups is 1. The van der Waals surface area contributed by atoms with Crippen LogP contribution in [-0.4, -0.2) is 140 Å². The van der Waals surface area contributed by atoms with E-state index in [4.69, 9.17) is 18.9 Å². The van der Waals surface area contributed by atoms with Crippen molar-refractivity contribution >= 4 is 23.7 Å². The number of fused-ring (bicyclic) bond motifs is 1. The summed E-state index contributed by atoms with van der Waals surface area (Å²) in [5.41, 5.74) is -0.621. The van der Waals surface area contributed by atoms with Gasteiger partial charge in [0.15, 0.2) is 0 Å². The van der Waals surface area contributed by atoms with E-state index < -0.39 is 59.6 Å². The molecule has 0 aromatic heterocycles. The standard InChI is InChI=1S/C37H52N4O9/c1-5-7-13-29(43)38-27(24-47-4)32(26-11-9-8-10-12-26)49-36(46)30-28-14-15-37(50-28)31(30)34(44)41(25(3)23-42)33(37)35(45)40(16-6-2)18-17-39-19-21-48-22-20-39/h5-6,8-12,25,27-28,30-33,42H,1-2,7,13-24H2,3-4H3,(H,38,43)/t25-,27-,28-,30+,31+,32-,33-,37+/m1/s1. The van der Waals surface area contributed by atoms with Gasteiger partial charge in [0.1, 0.15) is 17.7 Å². The zero-order valence-electron chi connectivity index (χ0n) is 29.2. The van der Waals surface area contributed by atoms with Crippen molar-refractivity contribution < 1.29 is 43.2 Å². The lowest BCUT2D eigenvalue weighted by Crippen LogP contribution is -2.59. The van der Waals surface area contributed by atoms with Gasteiger partial charge < -0.3 is 39.2 Å². The number of carbonyl (C=O) groups is 4. The van der Waals surface area contributed by atoms with Crippen molar-refractivity contribution in [3.63, 3.8) is 0 Å².